The van der Waals surface area contributed by atoms with Crippen molar-refractivity contribution in [3.8, 4) is 0 Å². The van der Waals surface area contributed by atoms with Crippen LogP contribution in [0.25, 0.3) is 0 Å². The molecule has 0 unspecified atom stereocenters. The lowest BCUT2D eigenvalue weighted by atomic mass is 10.3. The Morgan fingerprint density at radius 1 is 0.621 bits per heavy atom. The molecule has 0 aliphatic heterocycles. The average molecular weight is 426 g/mol. The van der Waals surface area contributed by atoms with Crippen molar-refractivity contribution in [1.82, 2.24) is 4.90 Å². The first-order valence-corrected chi connectivity index (χ1v) is 13.5. The van der Waals surface area contributed by atoms with E-state index in [1.165, 1.54) is 0 Å². The number of unbranched alkanes of at least 4 members (excludes halogenated alkanes) is 1. The Kier molecular flexibility index (Phi) is 20.0. The van der Waals surface area contributed by atoms with Crippen molar-refractivity contribution in [1.29, 1.82) is 0 Å². The molecule has 0 amide bonds. The molecule has 0 N–H and O–H groups in total. The highest BCUT2D eigenvalue weighted by Gasteiger charge is 2.40. The van der Waals surface area contributed by atoms with Gasteiger partial charge in [-0.1, -0.05) is 57.2 Å². The minimum Gasteiger partial charge on any atom is -0.373 e. The zero-order valence-corrected chi connectivity index (χ0v) is 20.8. The van der Waals surface area contributed by atoms with Crippen LogP contribution >= 0.6 is 0 Å². The van der Waals surface area contributed by atoms with Crippen LogP contribution in [0.1, 0.15) is 72.1 Å². The minimum atomic E-state index is -2.67. The molecule has 0 aromatic carbocycles. The van der Waals surface area contributed by atoms with E-state index in [-0.39, 0.29) is 0 Å². The first kappa shape index (κ1) is 28.3. The molecular weight excluding hydrogens is 378 g/mol. The zero-order chi connectivity index (χ0) is 21.6. The van der Waals surface area contributed by atoms with E-state index in [0.29, 0.717) is 19.8 Å². The van der Waals surface area contributed by atoms with Gasteiger partial charge in [-0.2, -0.15) is 0 Å². The molecule has 0 aliphatic carbocycles. The van der Waals surface area contributed by atoms with E-state index in [4.69, 9.17) is 13.3 Å². The molecule has 170 valence electrons. The summed E-state index contributed by atoms with van der Waals surface area (Å²) < 4.78 is 19.1. The fourth-order valence-corrected chi connectivity index (χ4v) is 5.46. The highest BCUT2D eigenvalue weighted by Crippen LogP contribution is 2.21. The van der Waals surface area contributed by atoms with Crippen LogP contribution in [0.15, 0.2) is 36.5 Å². The first-order chi connectivity index (χ1) is 14.1. The summed E-state index contributed by atoms with van der Waals surface area (Å²) in [4.78, 5) is 2.23. The van der Waals surface area contributed by atoms with Crippen molar-refractivity contribution in [3.05, 3.63) is 36.5 Å². The summed E-state index contributed by atoms with van der Waals surface area (Å²) in [6.45, 7) is 9.56. The molecule has 4 nitrogen and oxygen atoms in total. The van der Waals surface area contributed by atoms with Gasteiger partial charge in [-0.25, -0.2) is 0 Å². The maximum Gasteiger partial charge on any atom is 0.500 e. The standard InChI is InChI=1S/C24H47NO3Si/c1-6-9-12-16-21-26-29(24-19-15-20-25(4)5,27-22-17-13-10-7-2)28-23-18-14-11-8-3/h9-14H,6-8,15-24H2,1-5H3/b12-9-,13-10-,14-11-. The van der Waals surface area contributed by atoms with Gasteiger partial charge in [0.15, 0.2) is 0 Å². The van der Waals surface area contributed by atoms with Crippen molar-refractivity contribution in [2.75, 3.05) is 40.5 Å². The van der Waals surface area contributed by atoms with Crippen LogP contribution < -0.4 is 0 Å². The second-order valence-electron chi connectivity index (χ2n) is 7.49. The van der Waals surface area contributed by atoms with Gasteiger partial charge in [0.25, 0.3) is 0 Å². The Hall–Kier alpha value is -0.723. The monoisotopic (exact) mass is 425 g/mol. The number of allylic oxidation sites excluding steroid dienone is 3. The van der Waals surface area contributed by atoms with Gasteiger partial charge in [0.1, 0.15) is 0 Å². The lowest BCUT2D eigenvalue weighted by Gasteiger charge is -2.30. The van der Waals surface area contributed by atoms with Crippen LogP contribution in [-0.4, -0.2) is 54.2 Å². The van der Waals surface area contributed by atoms with Crippen LogP contribution in [0.3, 0.4) is 0 Å². The molecule has 0 radical (unpaired) electrons. The first-order valence-electron chi connectivity index (χ1n) is 11.6. The summed E-state index contributed by atoms with van der Waals surface area (Å²) in [5.74, 6) is 0. The summed E-state index contributed by atoms with van der Waals surface area (Å²) >= 11 is 0. The second kappa shape index (κ2) is 20.5. The molecule has 0 bridgehead atoms. The fourth-order valence-electron chi connectivity index (χ4n) is 2.81. The van der Waals surface area contributed by atoms with E-state index in [9.17, 15) is 0 Å². The Morgan fingerprint density at radius 2 is 1.03 bits per heavy atom. The molecule has 0 rings (SSSR count). The summed E-state index contributed by atoms with van der Waals surface area (Å²) in [7, 11) is 1.57. The van der Waals surface area contributed by atoms with E-state index in [2.05, 4.69) is 76.2 Å². The lowest BCUT2D eigenvalue weighted by Crippen LogP contribution is -2.46. The fraction of sp³-hybridized carbons (Fsp3) is 0.750. The van der Waals surface area contributed by atoms with E-state index in [1.807, 2.05) is 0 Å². The lowest BCUT2D eigenvalue weighted by molar-refractivity contribution is 0.0621. The van der Waals surface area contributed by atoms with E-state index >= 15 is 0 Å². The molecule has 0 heterocycles. The summed E-state index contributed by atoms with van der Waals surface area (Å²) in [5, 5.41) is 0. The van der Waals surface area contributed by atoms with Crippen LogP contribution in [0.4, 0.5) is 0 Å². The quantitative estimate of drug-likeness (QED) is 0.128. The van der Waals surface area contributed by atoms with Gasteiger partial charge in [-0.3, -0.25) is 0 Å². The number of hydrogen-bond acceptors (Lipinski definition) is 4. The molecule has 0 aromatic heterocycles. The van der Waals surface area contributed by atoms with Crippen molar-refractivity contribution in [2.45, 2.75) is 78.2 Å². The summed E-state index contributed by atoms with van der Waals surface area (Å²) in [6.07, 6.45) is 21.3. The minimum absolute atomic E-state index is 0.673. The molecule has 0 aromatic rings. The Balaban J connectivity index is 4.92. The largest absolute Gasteiger partial charge is 0.500 e. The Morgan fingerprint density at radius 3 is 1.38 bits per heavy atom. The third-order valence-electron chi connectivity index (χ3n) is 4.36. The second-order valence-corrected chi connectivity index (χ2v) is 10.2. The molecule has 0 fully saturated rings. The van der Waals surface area contributed by atoms with Gasteiger partial charge in [0, 0.05) is 25.9 Å². The van der Waals surface area contributed by atoms with Gasteiger partial charge < -0.3 is 18.2 Å². The van der Waals surface area contributed by atoms with E-state index < -0.39 is 8.80 Å². The van der Waals surface area contributed by atoms with Crippen LogP contribution in [-0.2, 0) is 13.3 Å². The normalized spacial score (nSPS) is 13.0. The predicted octanol–water partition coefficient (Wildman–Crippen LogP) is 6.39. The van der Waals surface area contributed by atoms with Crippen LogP contribution in [0.5, 0.6) is 0 Å². The number of hydrogen-bond donors (Lipinski definition) is 0. The van der Waals surface area contributed by atoms with Gasteiger partial charge in [0.2, 0.25) is 0 Å². The van der Waals surface area contributed by atoms with Gasteiger partial charge in [-0.15, -0.1) is 0 Å². The summed E-state index contributed by atoms with van der Waals surface area (Å²) in [5.41, 5.74) is 0. The predicted molar refractivity (Wildman–Crippen MR) is 128 cm³/mol. The van der Waals surface area contributed by atoms with E-state index in [1.54, 1.807) is 0 Å². The average Bonchev–Trinajstić information content (AvgIpc) is 2.70. The van der Waals surface area contributed by atoms with Gasteiger partial charge in [-0.05, 0) is 72.0 Å². The molecule has 0 saturated heterocycles. The van der Waals surface area contributed by atoms with Crippen molar-refractivity contribution in [2.24, 2.45) is 0 Å². The number of nitrogens with zero attached hydrogens (tertiary/aromatic N) is 1. The van der Waals surface area contributed by atoms with E-state index in [0.717, 1.165) is 64.0 Å². The SMILES string of the molecule is CC/C=C\CCO[Si](CCCCN(C)C)(OCC/C=C\CC)OCC/C=C\CC. The van der Waals surface area contributed by atoms with Crippen molar-refractivity contribution < 1.29 is 13.3 Å². The topological polar surface area (TPSA) is 30.9 Å². The maximum absolute atomic E-state index is 6.38. The molecule has 0 atom stereocenters. The van der Waals surface area contributed by atoms with Crippen molar-refractivity contribution >= 4 is 8.80 Å². The van der Waals surface area contributed by atoms with Crippen LogP contribution in [0, 0.1) is 0 Å². The molecule has 5 heteroatoms. The molecule has 0 spiro atoms. The Labute approximate surface area is 182 Å². The van der Waals surface area contributed by atoms with Crippen LogP contribution in [0.2, 0.25) is 6.04 Å². The maximum atomic E-state index is 6.38. The molecular formula is C24H47NO3Si. The third kappa shape index (κ3) is 17.8. The van der Waals surface area contributed by atoms with Crippen molar-refractivity contribution in [3.63, 3.8) is 0 Å². The molecule has 29 heavy (non-hydrogen) atoms. The molecule has 0 aliphatic rings. The van der Waals surface area contributed by atoms with Gasteiger partial charge >= 0.3 is 8.80 Å². The smallest absolute Gasteiger partial charge is 0.373 e. The zero-order valence-electron chi connectivity index (χ0n) is 19.8. The third-order valence-corrected chi connectivity index (χ3v) is 7.26. The van der Waals surface area contributed by atoms with Gasteiger partial charge in [0.05, 0.1) is 0 Å². The highest BCUT2D eigenvalue weighted by atomic mass is 28.4. The molecule has 0 saturated carbocycles. The number of rotatable bonds is 20. The highest BCUT2D eigenvalue weighted by molar-refractivity contribution is 6.60. The summed E-state index contributed by atoms with van der Waals surface area (Å²) in [6, 6.07) is 0.896. The Bertz CT molecular complexity index is 386.